The second kappa shape index (κ2) is 12.4. The lowest BCUT2D eigenvalue weighted by Crippen LogP contribution is -2.37. The maximum Gasteiger partial charge on any atom is 0.256 e. The van der Waals surface area contributed by atoms with Gasteiger partial charge in [-0.25, -0.2) is 8.42 Å². The Bertz CT molecular complexity index is 1440. The molecule has 1 N–H and O–H groups in total. The van der Waals surface area contributed by atoms with E-state index in [-0.39, 0.29) is 15.8 Å². The van der Waals surface area contributed by atoms with Crippen molar-refractivity contribution in [2.45, 2.75) is 44.0 Å². The molecular weight excluding hydrogens is 500 g/mol. The number of sulfonamides is 1. The third-order valence-electron chi connectivity index (χ3n) is 7.00. The van der Waals surface area contributed by atoms with E-state index >= 15 is 0 Å². The summed E-state index contributed by atoms with van der Waals surface area (Å²) in [6.45, 7) is 8.85. The Kier molecular flexibility index (Phi) is 9.01. The number of carbonyl (C=O) groups is 1. The first kappa shape index (κ1) is 27.6. The van der Waals surface area contributed by atoms with Crippen LogP contribution >= 0.6 is 0 Å². The van der Waals surface area contributed by atoms with Gasteiger partial charge in [-0.3, -0.25) is 9.59 Å². The predicted octanol–water partition coefficient (Wildman–Crippen LogP) is 4.01. The Hall–Kier alpha value is -3.43. The van der Waals surface area contributed by atoms with E-state index in [1.54, 1.807) is 22.8 Å². The van der Waals surface area contributed by atoms with Gasteiger partial charge in [0, 0.05) is 56.5 Å². The van der Waals surface area contributed by atoms with Gasteiger partial charge in [0.2, 0.25) is 15.5 Å². The summed E-state index contributed by atoms with van der Waals surface area (Å²) in [5, 5.41) is 3.07. The second-order valence-electron chi connectivity index (χ2n) is 9.48. The first-order chi connectivity index (χ1) is 18.4. The quantitative estimate of drug-likeness (QED) is 0.396. The smallest absolute Gasteiger partial charge is 0.256 e. The number of pyridine rings is 1. The van der Waals surface area contributed by atoms with Crippen molar-refractivity contribution < 1.29 is 13.2 Å². The molecular formula is C29H36N4O4S. The number of anilines is 1. The highest BCUT2D eigenvalue weighted by Crippen LogP contribution is 2.23. The topological polar surface area (TPSA) is 91.7 Å². The lowest BCUT2D eigenvalue weighted by Gasteiger charge is -2.23. The van der Waals surface area contributed by atoms with Crippen molar-refractivity contribution in [2.24, 2.45) is 0 Å². The third-order valence-corrected chi connectivity index (χ3v) is 8.89. The van der Waals surface area contributed by atoms with E-state index in [0.29, 0.717) is 38.2 Å². The summed E-state index contributed by atoms with van der Waals surface area (Å²) < 4.78 is 30.0. The molecule has 3 aromatic rings. The fraction of sp³-hybridized carbons (Fsp3) is 0.379. The summed E-state index contributed by atoms with van der Waals surface area (Å²) >= 11 is 0. The molecule has 4 rings (SSSR count). The number of likely N-dealkylation sites (N-methyl/N-ethyl adjacent to an activating group) is 1. The molecule has 1 aromatic heterocycles. The molecule has 2 heterocycles. The largest absolute Gasteiger partial charge is 0.370 e. The fourth-order valence-corrected chi connectivity index (χ4v) is 6.47. The average Bonchev–Trinajstić information content (AvgIpc) is 3.23. The van der Waals surface area contributed by atoms with E-state index < -0.39 is 21.4 Å². The molecule has 0 atom stereocenters. The number of hydrogen-bond donors (Lipinski definition) is 1. The molecule has 0 radical (unpaired) electrons. The summed E-state index contributed by atoms with van der Waals surface area (Å²) in [6.07, 6.45) is 6.86. The number of allylic oxidation sites excluding steroid dienone is 1. The standard InChI is InChI=1S/C29H36N4O4S/c1-3-17-32-22-26(29(35)30-16-20-31(4-2)23-12-8-7-9-13-23)28(34)25-21-24(14-15-27(25)32)38(36,37)33-18-10-5-6-11-19-33/h3,7-9,12-15,21-22H,1,4-6,10-11,16-20H2,2H3,(H,30,35). The molecule has 0 bridgehead atoms. The SMILES string of the molecule is C=CCn1cc(C(=O)NCCN(CC)c2ccccc2)c(=O)c2cc(S(=O)(=O)N3CCCCCC3)ccc21. The van der Waals surface area contributed by atoms with Crippen LogP contribution in [0.25, 0.3) is 10.9 Å². The van der Waals surface area contributed by atoms with Crippen molar-refractivity contribution in [2.75, 3.05) is 37.6 Å². The van der Waals surface area contributed by atoms with Gasteiger partial charge >= 0.3 is 0 Å². The Labute approximate surface area is 224 Å². The van der Waals surface area contributed by atoms with Crippen molar-refractivity contribution >= 4 is 32.5 Å². The molecule has 202 valence electrons. The van der Waals surface area contributed by atoms with E-state index in [2.05, 4.69) is 16.8 Å². The van der Waals surface area contributed by atoms with Crippen LogP contribution in [-0.2, 0) is 16.6 Å². The van der Waals surface area contributed by atoms with Crippen molar-refractivity contribution in [1.82, 2.24) is 14.2 Å². The van der Waals surface area contributed by atoms with Crippen LogP contribution in [0, 0.1) is 0 Å². The summed E-state index contributed by atoms with van der Waals surface area (Å²) in [6, 6.07) is 14.5. The molecule has 1 saturated heterocycles. The van der Waals surface area contributed by atoms with Crippen LogP contribution in [0.2, 0.25) is 0 Å². The van der Waals surface area contributed by atoms with Gasteiger partial charge < -0.3 is 14.8 Å². The van der Waals surface area contributed by atoms with Gasteiger partial charge in [-0.05, 0) is 50.1 Å². The zero-order chi connectivity index (χ0) is 27.1. The molecule has 1 aliphatic heterocycles. The molecule has 0 unspecified atom stereocenters. The average molecular weight is 537 g/mol. The number of hydrogen-bond acceptors (Lipinski definition) is 5. The van der Waals surface area contributed by atoms with Gasteiger partial charge in [0.15, 0.2) is 0 Å². The van der Waals surface area contributed by atoms with Crippen LogP contribution in [-0.4, -0.2) is 55.9 Å². The summed E-state index contributed by atoms with van der Waals surface area (Å²) in [5.74, 6) is -0.486. The summed E-state index contributed by atoms with van der Waals surface area (Å²) in [7, 11) is -3.75. The predicted molar refractivity (Wildman–Crippen MR) is 152 cm³/mol. The van der Waals surface area contributed by atoms with Crippen molar-refractivity contribution in [3.05, 3.63) is 83.2 Å². The number of fused-ring (bicyclic) bond motifs is 1. The second-order valence-corrected chi connectivity index (χ2v) is 11.4. The number of rotatable bonds is 10. The van der Waals surface area contributed by atoms with Crippen LogP contribution in [0.3, 0.4) is 0 Å². The van der Waals surface area contributed by atoms with Crippen molar-refractivity contribution in [3.8, 4) is 0 Å². The lowest BCUT2D eigenvalue weighted by molar-refractivity contribution is 0.0953. The third kappa shape index (κ3) is 6.00. The minimum Gasteiger partial charge on any atom is -0.370 e. The Morgan fingerprint density at radius 3 is 2.45 bits per heavy atom. The van der Waals surface area contributed by atoms with E-state index in [4.69, 9.17) is 0 Å². The minimum absolute atomic E-state index is 0.0218. The van der Waals surface area contributed by atoms with Gasteiger partial charge in [-0.1, -0.05) is 37.1 Å². The molecule has 8 nitrogen and oxygen atoms in total. The fourth-order valence-electron chi connectivity index (χ4n) is 4.93. The van der Waals surface area contributed by atoms with Gasteiger partial charge in [0.25, 0.3) is 5.91 Å². The molecule has 9 heteroatoms. The highest BCUT2D eigenvalue weighted by molar-refractivity contribution is 7.89. The van der Waals surface area contributed by atoms with Gasteiger partial charge in [0.05, 0.1) is 10.4 Å². The van der Waals surface area contributed by atoms with Crippen LogP contribution in [0.5, 0.6) is 0 Å². The molecule has 1 aliphatic rings. The first-order valence-corrected chi connectivity index (χ1v) is 14.7. The normalized spacial score (nSPS) is 14.7. The van der Waals surface area contributed by atoms with E-state index in [1.165, 1.54) is 16.6 Å². The van der Waals surface area contributed by atoms with Crippen molar-refractivity contribution in [1.29, 1.82) is 0 Å². The highest BCUT2D eigenvalue weighted by Gasteiger charge is 2.26. The zero-order valence-corrected chi connectivity index (χ0v) is 22.8. The zero-order valence-electron chi connectivity index (χ0n) is 21.9. The van der Waals surface area contributed by atoms with Gasteiger partial charge in [-0.2, -0.15) is 4.31 Å². The maximum atomic E-state index is 13.5. The van der Waals surface area contributed by atoms with Crippen molar-refractivity contribution in [3.63, 3.8) is 0 Å². The van der Waals surface area contributed by atoms with E-state index in [1.807, 2.05) is 37.3 Å². The summed E-state index contributed by atoms with van der Waals surface area (Å²) in [5.41, 5.74) is 1.11. The molecule has 1 amide bonds. The van der Waals surface area contributed by atoms with Gasteiger partial charge in [0.1, 0.15) is 5.56 Å². The summed E-state index contributed by atoms with van der Waals surface area (Å²) in [4.78, 5) is 28.8. The molecule has 0 spiro atoms. The lowest BCUT2D eigenvalue weighted by atomic mass is 10.1. The molecule has 0 aliphatic carbocycles. The molecule has 0 saturated carbocycles. The number of carbonyl (C=O) groups excluding carboxylic acids is 1. The number of para-hydroxylation sites is 1. The minimum atomic E-state index is -3.75. The number of aromatic nitrogens is 1. The van der Waals surface area contributed by atoms with Gasteiger partial charge in [-0.15, -0.1) is 6.58 Å². The van der Waals surface area contributed by atoms with Crippen LogP contribution in [0.1, 0.15) is 43.0 Å². The Morgan fingerprint density at radius 2 is 1.79 bits per heavy atom. The molecule has 1 fully saturated rings. The van der Waals surface area contributed by atoms with Crippen LogP contribution in [0.15, 0.2) is 77.1 Å². The molecule has 38 heavy (non-hydrogen) atoms. The Morgan fingerprint density at radius 1 is 1.08 bits per heavy atom. The highest BCUT2D eigenvalue weighted by atomic mass is 32.2. The number of benzene rings is 2. The monoisotopic (exact) mass is 536 g/mol. The first-order valence-electron chi connectivity index (χ1n) is 13.2. The number of amides is 1. The van der Waals surface area contributed by atoms with Crippen LogP contribution in [0.4, 0.5) is 5.69 Å². The van der Waals surface area contributed by atoms with Crippen LogP contribution < -0.4 is 15.6 Å². The number of nitrogens with one attached hydrogen (secondary N) is 1. The van der Waals surface area contributed by atoms with E-state index in [9.17, 15) is 18.0 Å². The molecule has 2 aromatic carbocycles. The maximum absolute atomic E-state index is 13.5. The number of nitrogens with zero attached hydrogens (tertiary/aromatic N) is 3. The van der Waals surface area contributed by atoms with E-state index in [0.717, 1.165) is 37.9 Å². The Balaban J connectivity index is 1.62.